The summed E-state index contributed by atoms with van der Waals surface area (Å²) in [4.78, 5) is 5.53. The Morgan fingerprint density at radius 3 is 2.73 bits per heavy atom. The van der Waals surface area contributed by atoms with Crippen LogP contribution in [0.2, 0.25) is 10.2 Å². The van der Waals surface area contributed by atoms with Crippen molar-refractivity contribution in [1.82, 2.24) is 10.3 Å². The quantitative estimate of drug-likeness (QED) is 0.616. The number of aromatic nitrogens is 1. The second-order valence-electron chi connectivity index (χ2n) is 5.00. The smallest absolute Gasteiger partial charge is 0.129 e. The van der Waals surface area contributed by atoms with Gasteiger partial charge in [-0.15, -0.1) is 24.2 Å². The zero-order chi connectivity index (χ0) is 14.7. The van der Waals surface area contributed by atoms with Crippen LogP contribution in [0.4, 0.5) is 0 Å². The zero-order valence-electron chi connectivity index (χ0n) is 11.9. The van der Waals surface area contributed by atoms with E-state index >= 15 is 0 Å². The lowest BCUT2D eigenvalue weighted by Crippen LogP contribution is -2.16. The van der Waals surface area contributed by atoms with E-state index in [0.717, 1.165) is 42.4 Å². The molecule has 1 aliphatic rings. The highest BCUT2D eigenvalue weighted by atomic mass is 35.5. The monoisotopic (exact) mass is 374 g/mol. The molecule has 0 aliphatic carbocycles. The number of nitrogens with one attached hydrogen (secondary N) is 1. The summed E-state index contributed by atoms with van der Waals surface area (Å²) in [5.41, 5.74) is 3.78. The lowest BCUT2D eigenvalue weighted by atomic mass is 10.0. The third-order valence-corrected chi connectivity index (χ3v) is 5.40. The molecule has 0 amide bonds. The van der Waals surface area contributed by atoms with Crippen molar-refractivity contribution in [2.45, 2.75) is 23.5 Å². The van der Waals surface area contributed by atoms with Crippen molar-refractivity contribution >= 4 is 47.4 Å². The standard InChI is InChI=1S/C16H16Cl2N2S.ClH/c17-14-5-4-11-6-8-19-9-7-13(11)16(14)21-10-12-2-1-3-15(18)20-12;/h1-5,19H,6-10H2;1H. The first-order chi connectivity index (χ1) is 10.2. The average Bonchev–Trinajstić information content (AvgIpc) is 2.72. The zero-order valence-corrected chi connectivity index (χ0v) is 15.1. The third-order valence-electron chi connectivity index (χ3n) is 3.57. The van der Waals surface area contributed by atoms with Crippen molar-refractivity contribution in [3.05, 3.63) is 57.3 Å². The summed E-state index contributed by atoms with van der Waals surface area (Å²) in [5.74, 6) is 0.782. The summed E-state index contributed by atoms with van der Waals surface area (Å²) in [6.07, 6.45) is 2.09. The van der Waals surface area contributed by atoms with Gasteiger partial charge in [-0.05, 0) is 55.3 Å². The van der Waals surface area contributed by atoms with Crippen LogP contribution in [0.25, 0.3) is 0 Å². The van der Waals surface area contributed by atoms with Gasteiger partial charge in [-0.3, -0.25) is 0 Å². The highest BCUT2D eigenvalue weighted by molar-refractivity contribution is 7.98. The van der Waals surface area contributed by atoms with Crippen molar-refractivity contribution < 1.29 is 0 Å². The van der Waals surface area contributed by atoms with Gasteiger partial charge < -0.3 is 5.32 Å². The van der Waals surface area contributed by atoms with Crippen LogP contribution in [0.1, 0.15) is 16.8 Å². The van der Waals surface area contributed by atoms with Crippen molar-refractivity contribution in [2.24, 2.45) is 0 Å². The fourth-order valence-electron chi connectivity index (χ4n) is 2.54. The molecule has 3 rings (SSSR count). The summed E-state index contributed by atoms with van der Waals surface area (Å²) < 4.78 is 0. The Morgan fingerprint density at radius 1 is 1.09 bits per heavy atom. The Labute approximate surface area is 151 Å². The number of thioether (sulfide) groups is 1. The van der Waals surface area contributed by atoms with Crippen molar-refractivity contribution in [3.8, 4) is 0 Å². The van der Waals surface area contributed by atoms with Gasteiger partial charge in [0.05, 0.1) is 10.7 Å². The minimum absolute atomic E-state index is 0. The fraction of sp³-hybridized carbons (Fsp3) is 0.312. The molecule has 1 aromatic carbocycles. The molecule has 2 heterocycles. The number of hydrogen-bond acceptors (Lipinski definition) is 3. The van der Waals surface area contributed by atoms with Crippen molar-refractivity contribution in [2.75, 3.05) is 13.1 Å². The second-order valence-corrected chi connectivity index (χ2v) is 6.78. The number of rotatable bonds is 3. The average molecular weight is 376 g/mol. The Hall–Kier alpha value is -0.450. The minimum Gasteiger partial charge on any atom is -0.316 e. The van der Waals surface area contributed by atoms with Gasteiger partial charge in [0.15, 0.2) is 0 Å². The number of benzene rings is 1. The first-order valence-corrected chi connectivity index (χ1v) is 8.73. The Morgan fingerprint density at radius 2 is 1.91 bits per heavy atom. The molecule has 118 valence electrons. The van der Waals surface area contributed by atoms with Gasteiger partial charge in [0.25, 0.3) is 0 Å². The van der Waals surface area contributed by atoms with Crippen LogP contribution in [0.15, 0.2) is 35.2 Å². The maximum atomic E-state index is 6.42. The number of nitrogens with zero attached hydrogens (tertiary/aromatic N) is 1. The van der Waals surface area contributed by atoms with E-state index in [4.69, 9.17) is 23.2 Å². The summed E-state index contributed by atoms with van der Waals surface area (Å²) in [6.45, 7) is 2.05. The molecule has 0 radical (unpaired) electrons. The third kappa shape index (κ3) is 4.30. The number of fused-ring (bicyclic) bond motifs is 1. The first kappa shape index (κ1) is 17.9. The van der Waals surface area contributed by atoms with E-state index < -0.39 is 0 Å². The highest BCUT2D eigenvalue weighted by Gasteiger charge is 2.15. The molecule has 6 heteroatoms. The largest absolute Gasteiger partial charge is 0.316 e. The van der Waals surface area contributed by atoms with E-state index in [0.29, 0.717) is 5.15 Å². The summed E-state index contributed by atoms with van der Waals surface area (Å²) in [5, 5.41) is 4.81. The van der Waals surface area contributed by atoms with Crippen molar-refractivity contribution in [1.29, 1.82) is 0 Å². The molecule has 2 aromatic rings. The van der Waals surface area contributed by atoms with Gasteiger partial charge in [-0.2, -0.15) is 0 Å². The molecular formula is C16H17Cl3N2S. The molecule has 0 saturated heterocycles. The van der Waals surface area contributed by atoms with Crippen LogP contribution < -0.4 is 5.32 Å². The maximum Gasteiger partial charge on any atom is 0.129 e. The van der Waals surface area contributed by atoms with Crippen molar-refractivity contribution in [3.63, 3.8) is 0 Å². The molecule has 0 fully saturated rings. The van der Waals surface area contributed by atoms with Crippen LogP contribution >= 0.6 is 47.4 Å². The lowest BCUT2D eigenvalue weighted by Gasteiger charge is -2.13. The van der Waals surface area contributed by atoms with E-state index in [1.807, 2.05) is 18.2 Å². The van der Waals surface area contributed by atoms with E-state index in [1.165, 1.54) is 16.0 Å². The van der Waals surface area contributed by atoms with E-state index in [1.54, 1.807) is 17.8 Å². The molecule has 2 nitrogen and oxygen atoms in total. The van der Waals surface area contributed by atoms with Gasteiger partial charge in [0, 0.05) is 10.6 Å². The molecular weight excluding hydrogens is 359 g/mol. The fourth-order valence-corrected chi connectivity index (χ4v) is 4.13. The van der Waals surface area contributed by atoms with Crippen LogP contribution in [-0.2, 0) is 18.6 Å². The Kier molecular flexibility index (Phi) is 6.85. The van der Waals surface area contributed by atoms with E-state index in [-0.39, 0.29) is 12.4 Å². The summed E-state index contributed by atoms with van der Waals surface area (Å²) in [6, 6.07) is 9.90. The SMILES string of the molecule is Cl.Clc1cccc(CSc2c(Cl)ccc3c2CCNCC3)n1. The summed E-state index contributed by atoms with van der Waals surface area (Å²) >= 11 is 14.1. The Balaban J connectivity index is 0.00000176. The van der Waals surface area contributed by atoms with Crippen LogP contribution in [0, 0.1) is 0 Å². The minimum atomic E-state index is 0. The van der Waals surface area contributed by atoms with E-state index in [9.17, 15) is 0 Å². The summed E-state index contributed by atoms with van der Waals surface area (Å²) in [7, 11) is 0. The molecule has 0 saturated carbocycles. The van der Waals surface area contributed by atoms with Gasteiger partial charge in [0.2, 0.25) is 0 Å². The maximum absolute atomic E-state index is 6.42. The highest BCUT2D eigenvalue weighted by Crippen LogP contribution is 2.35. The number of halogens is 3. The molecule has 1 aromatic heterocycles. The lowest BCUT2D eigenvalue weighted by molar-refractivity contribution is 0.709. The number of hydrogen-bond donors (Lipinski definition) is 1. The molecule has 0 bridgehead atoms. The molecule has 0 atom stereocenters. The molecule has 0 spiro atoms. The van der Waals surface area contributed by atoms with Crippen LogP contribution in [0.3, 0.4) is 0 Å². The molecule has 1 aliphatic heterocycles. The van der Waals surface area contributed by atoms with Gasteiger partial charge in [-0.1, -0.05) is 35.3 Å². The van der Waals surface area contributed by atoms with Crippen LogP contribution in [-0.4, -0.2) is 18.1 Å². The van der Waals surface area contributed by atoms with Crippen LogP contribution in [0.5, 0.6) is 0 Å². The predicted molar refractivity (Wildman–Crippen MR) is 97.8 cm³/mol. The predicted octanol–water partition coefficient (Wildman–Crippen LogP) is 4.79. The van der Waals surface area contributed by atoms with Gasteiger partial charge in [0.1, 0.15) is 5.15 Å². The van der Waals surface area contributed by atoms with Gasteiger partial charge >= 0.3 is 0 Å². The number of pyridine rings is 1. The van der Waals surface area contributed by atoms with E-state index in [2.05, 4.69) is 16.4 Å². The molecule has 1 N–H and O–H groups in total. The Bertz CT molecular complexity index is 649. The van der Waals surface area contributed by atoms with Gasteiger partial charge in [-0.25, -0.2) is 4.98 Å². The normalized spacial score (nSPS) is 13.9. The first-order valence-electron chi connectivity index (χ1n) is 6.99. The molecule has 0 unspecified atom stereocenters. The second kappa shape index (κ2) is 8.42. The topological polar surface area (TPSA) is 24.9 Å². The molecule has 22 heavy (non-hydrogen) atoms.